The van der Waals surface area contributed by atoms with Gasteiger partial charge < -0.3 is 14.6 Å². The second kappa shape index (κ2) is 40.3. The minimum Gasteiger partial charge on any atom is -0.462 e. The van der Waals surface area contributed by atoms with Gasteiger partial charge in [0, 0.05) is 12.8 Å². The van der Waals surface area contributed by atoms with Crippen LogP contribution in [0.25, 0.3) is 0 Å². The summed E-state index contributed by atoms with van der Waals surface area (Å²) >= 11 is 0. The molecule has 0 saturated carbocycles. The summed E-state index contributed by atoms with van der Waals surface area (Å²) in [7, 11) is 0. The summed E-state index contributed by atoms with van der Waals surface area (Å²) in [6.45, 7) is 3.90. The van der Waals surface area contributed by atoms with E-state index < -0.39 is 6.10 Å². The SMILES string of the molecule is CC/C=C\C/C=C\C/C=C\C/C=C\C/C=C\C/C=C\CCCCCCC(=O)OC(CO)COC(=O)CCCCCCC/C=C\C/C=C\CCC. The van der Waals surface area contributed by atoms with Crippen molar-refractivity contribution < 1.29 is 24.2 Å². The average molecular weight is 693 g/mol. The zero-order valence-corrected chi connectivity index (χ0v) is 31.9. The Morgan fingerprint density at radius 3 is 1.30 bits per heavy atom. The first-order valence-electron chi connectivity index (χ1n) is 19.8. The second-order valence-corrected chi connectivity index (χ2v) is 12.6. The van der Waals surface area contributed by atoms with Crippen LogP contribution in [-0.2, 0) is 19.1 Å². The molecular formula is C45H72O5. The van der Waals surface area contributed by atoms with E-state index in [1.807, 2.05) is 0 Å². The maximum absolute atomic E-state index is 12.2. The molecule has 0 rings (SSSR count). The summed E-state index contributed by atoms with van der Waals surface area (Å²) in [6.07, 6.45) is 56.1. The predicted octanol–water partition coefficient (Wildman–Crippen LogP) is 12.5. The lowest BCUT2D eigenvalue weighted by Gasteiger charge is -2.15. The predicted molar refractivity (Wildman–Crippen MR) is 214 cm³/mol. The quantitative estimate of drug-likeness (QED) is 0.0413. The number of hydrogen-bond acceptors (Lipinski definition) is 5. The summed E-state index contributed by atoms with van der Waals surface area (Å²) < 4.78 is 10.6. The third-order valence-electron chi connectivity index (χ3n) is 7.84. The largest absolute Gasteiger partial charge is 0.462 e. The Bertz CT molecular complexity index is 1010. The third kappa shape index (κ3) is 37.6. The van der Waals surface area contributed by atoms with Gasteiger partial charge >= 0.3 is 11.9 Å². The fourth-order valence-electron chi connectivity index (χ4n) is 4.89. The van der Waals surface area contributed by atoms with E-state index in [1.165, 1.54) is 12.8 Å². The summed E-state index contributed by atoms with van der Waals surface area (Å²) in [6, 6.07) is 0. The molecule has 1 unspecified atom stereocenters. The maximum Gasteiger partial charge on any atom is 0.306 e. The van der Waals surface area contributed by atoms with Gasteiger partial charge in [-0.05, 0) is 89.9 Å². The summed E-state index contributed by atoms with van der Waals surface area (Å²) in [5.41, 5.74) is 0. The van der Waals surface area contributed by atoms with Crippen molar-refractivity contribution in [3.05, 3.63) is 97.2 Å². The smallest absolute Gasteiger partial charge is 0.306 e. The highest BCUT2D eigenvalue weighted by Gasteiger charge is 2.16. The van der Waals surface area contributed by atoms with E-state index in [9.17, 15) is 14.7 Å². The average Bonchev–Trinajstić information content (AvgIpc) is 3.12. The first-order chi connectivity index (χ1) is 24.6. The molecular weight excluding hydrogens is 620 g/mol. The summed E-state index contributed by atoms with van der Waals surface area (Å²) in [5, 5.41) is 9.55. The Balaban J connectivity index is 3.69. The molecule has 1 N–H and O–H groups in total. The van der Waals surface area contributed by atoms with Crippen molar-refractivity contribution in [2.75, 3.05) is 13.2 Å². The zero-order chi connectivity index (χ0) is 36.4. The molecule has 0 heterocycles. The molecule has 0 aromatic carbocycles. The van der Waals surface area contributed by atoms with E-state index in [0.29, 0.717) is 12.8 Å². The van der Waals surface area contributed by atoms with E-state index in [2.05, 4.69) is 111 Å². The highest BCUT2D eigenvalue weighted by Crippen LogP contribution is 2.10. The number of aliphatic hydroxyl groups excluding tert-OH is 1. The number of allylic oxidation sites excluding steroid dienone is 16. The lowest BCUT2D eigenvalue weighted by molar-refractivity contribution is -0.161. The van der Waals surface area contributed by atoms with Gasteiger partial charge in [-0.2, -0.15) is 0 Å². The van der Waals surface area contributed by atoms with Crippen LogP contribution in [0.3, 0.4) is 0 Å². The van der Waals surface area contributed by atoms with Crippen LogP contribution in [0.5, 0.6) is 0 Å². The van der Waals surface area contributed by atoms with Crippen LogP contribution in [0.2, 0.25) is 0 Å². The van der Waals surface area contributed by atoms with Gasteiger partial charge in [-0.1, -0.05) is 150 Å². The van der Waals surface area contributed by atoms with Gasteiger partial charge in [0.1, 0.15) is 6.61 Å². The van der Waals surface area contributed by atoms with Crippen molar-refractivity contribution in [3.8, 4) is 0 Å². The number of unbranched alkanes of at least 4 members (excludes halogenated alkanes) is 10. The topological polar surface area (TPSA) is 72.8 Å². The molecule has 1 atom stereocenters. The molecule has 0 aromatic rings. The lowest BCUT2D eigenvalue weighted by Crippen LogP contribution is -2.28. The van der Waals surface area contributed by atoms with Crippen molar-refractivity contribution in [2.24, 2.45) is 0 Å². The molecule has 0 aliphatic heterocycles. The van der Waals surface area contributed by atoms with Crippen LogP contribution in [0.1, 0.15) is 155 Å². The van der Waals surface area contributed by atoms with Gasteiger partial charge in [0.05, 0.1) is 6.61 Å². The fraction of sp³-hybridized carbons (Fsp3) is 0.600. The Hall–Kier alpha value is -3.18. The molecule has 0 fully saturated rings. The summed E-state index contributed by atoms with van der Waals surface area (Å²) in [4.78, 5) is 24.2. The third-order valence-corrected chi connectivity index (χ3v) is 7.84. The molecule has 282 valence electrons. The van der Waals surface area contributed by atoms with Gasteiger partial charge in [0.15, 0.2) is 6.10 Å². The molecule has 0 radical (unpaired) electrons. The molecule has 5 heteroatoms. The number of hydrogen-bond donors (Lipinski definition) is 1. The van der Waals surface area contributed by atoms with Crippen molar-refractivity contribution >= 4 is 11.9 Å². The highest BCUT2D eigenvalue weighted by atomic mass is 16.6. The van der Waals surface area contributed by atoms with Crippen LogP contribution >= 0.6 is 0 Å². The number of esters is 2. The van der Waals surface area contributed by atoms with Crippen LogP contribution in [0.15, 0.2) is 97.2 Å². The van der Waals surface area contributed by atoms with Crippen LogP contribution in [0, 0.1) is 0 Å². The normalized spacial score (nSPS) is 13.3. The van der Waals surface area contributed by atoms with Crippen molar-refractivity contribution in [3.63, 3.8) is 0 Å². The Kier molecular flexibility index (Phi) is 37.7. The van der Waals surface area contributed by atoms with E-state index in [4.69, 9.17) is 9.47 Å². The molecule has 0 aliphatic carbocycles. The monoisotopic (exact) mass is 693 g/mol. The van der Waals surface area contributed by atoms with Crippen LogP contribution in [0.4, 0.5) is 0 Å². The van der Waals surface area contributed by atoms with Gasteiger partial charge in [-0.3, -0.25) is 9.59 Å². The van der Waals surface area contributed by atoms with Gasteiger partial charge in [0.25, 0.3) is 0 Å². The molecule has 0 saturated heterocycles. The number of carbonyl (C=O) groups is 2. The number of carbonyl (C=O) groups excluding carboxylic acids is 2. The minimum atomic E-state index is -0.797. The van der Waals surface area contributed by atoms with Gasteiger partial charge in [-0.15, -0.1) is 0 Å². The molecule has 0 aliphatic rings. The van der Waals surface area contributed by atoms with Crippen molar-refractivity contribution in [2.45, 2.75) is 161 Å². The fourth-order valence-corrected chi connectivity index (χ4v) is 4.89. The highest BCUT2D eigenvalue weighted by molar-refractivity contribution is 5.70. The molecule has 0 spiro atoms. The molecule has 0 amide bonds. The van der Waals surface area contributed by atoms with E-state index in [0.717, 1.165) is 116 Å². The standard InChI is InChI=1S/C45H72O5/c1-3-5-7-9-11-13-15-17-18-19-20-21-22-23-24-25-26-28-30-32-34-36-38-40-45(48)50-43(41-46)42-49-44(47)39-37-35-33-31-29-27-16-14-12-10-8-6-4-2/h5,7-8,10-11,13-14,16-18,20-21,23-24,26,28,43,46H,3-4,6,9,12,15,19,22,25,27,29-42H2,1-2H3/b7-5-,10-8-,13-11-,16-14-,18-17-,21-20-,24-23-,28-26-. The zero-order valence-electron chi connectivity index (χ0n) is 31.9. The summed E-state index contributed by atoms with van der Waals surface area (Å²) in [5.74, 6) is -0.648. The number of aliphatic hydroxyl groups is 1. The maximum atomic E-state index is 12.2. The Morgan fingerprint density at radius 2 is 0.860 bits per heavy atom. The van der Waals surface area contributed by atoms with E-state index >= 15 is 0 Å². The second-order valence-electron chi connectivity index (χ2n) is 12.6. The molecule has 5 nitrogen and oxygen atoms in total. The first kappa shape index (κ1) is 46.8. The van der Waals surface area contributed by atoms with Crippen molar-refractivity contribution in [1.82, 2.24) is 0 Å². The Morgan fingerprint density at radius 1 is 0.480 bits per heavy atom. The van der Waals surface area contributed by atoms with Gasteiger partial charge in [-0.25, -0.2) is 0 Å². The first-order valence-corrected chi connectivity index (χ1v) is 19.8. The number of ether oxygens (including phenoxy) is 2. The Labute approximate surface area is 307 Å². The molecule has 0 aromatic heterocycles. The van der Waals surface area contributed by atoms with Crippen molar-refractivity contribution in [1.29, 1.82) is 0 Å². The van der Waals surface area contributed by atoms with Gasteiger partial charge in [0.2, 0.25) is 0 Å². The minimum absolute atomic E-state index is 0.0903. The number of rotatable bonds is 34. The van der Waals surface area contributed by atoms with Crippen LogP contribution < -0.4 is 0 Å². The molecule has 0 bridgehead atoms. The lowest BCUT2D eigenvalue weighted by atomic mass is 10.1. The van der Waals surface area contributed by atoms with E-state index in [-0.39, 0.29) is 25.2 Å². The van der Waals surface area contributed by atoms with E-state index in [1.54, 1.807) is 0 Å². The molecule has 50 heavy (non-hydrogen) atoms. The van der Waals surface area contributed by atoms with Crippen LogP contribution in [-0.4, -0.2) is 36.4 Å².